The van der Waals surface area contributed by atoms with E-state index in [1.807, 2.05) is 50.2 Å². The molecule has 0 bridgehead atoms. The quantitative estimate of drug-likeness (QED) is 0.471. The monoisotopic (exact) mass is 537 g/mol. The van der Waals surface area contributed by atoms with Gasteiger partial charge in [0.25, 0.3) is 0 Å². The third kappa shape index (κ3) is 8.16. The lowest BCUT2D eigenvalue weighted by Crippen LogP contribution is -2.47. The Morgan fingerprint density at radius 2 is 1.79 bits per heavy atom. The van der Waals surface area contributed by atoms with Gasteiger partial charge in [0.2, 0.25) is 21.8 Å². The van der Waals surface area contributed by atoms with E-state index in [4.69, 9.17) is 0 Å². The molecule has 180 valence electrons. The van der Waals surface area contributed by atoms with Crippen LogP contribution in [0, 0.1) is 6.92 Å². The van der Waals surface area contributed by atoms with Crippen LogP contribution in [-0.2, 0) is 26.2 Å². The van der Waals surface area contributed by atoms with Crippen LogP contribution in [0.25, 0.3) is 0 Å². The summed E-state index contributed by atoms with van der Waals surface area (Å²) in [6, 6.07) is 14.2. The summed E-state index contributed by atoms with van der Waals surface area (Å²) in [7, 11) is -3.50. The molecule has 2 aromatic carbocycles. The van der Waals surface area contributed by atoms with Crippen LogP contribution < -0.4 is 9.62 Å². The summed E-state index contributed by atoms with van der Waals surface area (Å²) in [5, 5.41) is 2.77. The molecular weight excluding hydrogens is 506 g/mol. The minimum atomic E-state index is -3.50. The van der Waals surface area contributed by atoms with E-state index in [-0.39, 0.29) is 31.3 Å². The highest BCUT2D eigenvalue weighted by atomic mass is 79.9. The molecule has 0 aliphatic heterocycles. The lowest BCUT2D eigenvalue weighted by molar-refractivity contribution is -0.140. The molecule has 1 unspecified atom stereocenters. The van der Waals surface area contributed by atoms with Crippen LogP contribution in [0.4, 0.5) is 5.69 Å². The molecule has 0 saturated carbocycles. The summed E-state index contributed by atoms with van der Waals surface area (Å²) in [6.07, 6.45) is 1.61. The third-order valence-corrected chi connectivity index (χ3v) is 6.92. The van der Waals surface area contributed by atoms with Crippen LogP contribution in [0.5, 0.6) is 0 Å². The number of amides is 2. The van der Waals surface area contributed by atoms with Crippen molar-refractivity contribution < 1.29 is 18.0 Å². The highest BCUT2D eigenvalue weighted by Gasteiger charge is 2.26. The summed E-state index contributed by atoms with van der Waals surface area (Å²) >= 11 is 3.44. The van der Waals surface area contributed by atoms with Gasteiger partial charge < -0.3 is 10.2 Å². The molecule has 2 rings (SSSR count). The smallest absolute Gasteiger partial charge is 0.242 e. The molecule has 0 spiro atoms. The second-order valence-corrected chi connectivity index (χ2v) is 10.8. The molecule has 0 heterocycles. The van der Waals surface area contributed by atoms with Gasteiger partial charge in [-0.3, -0.25) is 13.9 Å². The van der Waals surface area contributed by atoms with Crippen LogP contribution in [0.1, 0.15) is 37.8 Å². The van der Waals surface area contributed by atoms with Gasteiger partial charge in [0.05, 0.1) is 11.9 Å². The number of halogens is 1. The van der Waals surface area contributed by atoms with Crippen molar-refractivity contribution in [1.82, 2.24) is 10.2 Å². The molecule has 0 radical (unpaired) electrons. The van der Waals surface area contributed by atoms with Crippen molar-refractivity contribution >= 4 is 43.5 Å². The van der Waals surface area contributed by atoms with Crippen molar-refractivity contribution in [2.75, 3.05) is 23.7 Å². The average molecular weight is 539 g/mol. The van der Waals surface area contributed by atoms with Crippen LogP contribution in [0.3, 0.4) is 0 Å². The first kappa shape index (κ1) is 26.9. The number of nitrogens with one attached hydrogen (secondary N) is 1. The van der Waals surface area contributed by atoms with Crippen molar-refractivity contribution in [2.24, 2.45) is 0 Å². The predicted molar refractivity (Wildman–Crippen MR) is 135 cm³/mol. The molecule has 7 nitrogen and oxygen atoms in total. The van der Waals surface area contributed by atoms with E-state index in [9.17, 15) is 18.0 Å². The number of hydrogen-bond acceptors (Lipinski definition) is 4. The number of carbonyl (C=O) groups excluding carboxylic acids is 2. The Bertz CT molecular complexity index is 1060. The zero-order chi connectivity index (χ0) is 24.6. The van der Waals surface area contributed by atoms with Gasteiger partial charge in [0.15, 0.2) is 0 Å². The van der Waals surface area contributed by atoms with E-state index >= 15 is 0 Å². The van der Waals surface area contributed by atoms with Crippen molar-refractivity contribution in [3.8, 4) is 0 Å². The first-order valence-electron chi connectivity index (χ1n) is 10.9. The molecule has 0 aromatic heterocycles. The Balaban J connectivity index is 2.14. The number of sulfonamides is 1. The zero-order valence-electron chi connectivity index (χ0n) is 19.5. The van der Waals surface area contributed by atoms with Crippen molar-refractivity contribution in [2.45, 2.75) is 46.2 Å². The molecule has 2 aromatic rings. The predicted octanol–water partition coefficient (Wildman–Crippen LogP) is 3.86. The van der Waals surface area contributed by atoms with Crippen LogP contribution >= 0.6 is 15.9 Å². The van der Waals surface area contributed by atoms with E-state index in [1.54, 1.807) is 24.0 Å². The normalized spacial score (nSPS) is 12.2. The average Bonchev–Trinajstić information content (AvgIpc) is 2.74. The van der Waals surface area contributed by atoms with Gasteiger partial charge >= 0.3 is 0 Å². The highest BCUT2D eigenvalue weighted by molar-refractivity contribution is 9.10. The fourth-order valence-corrected chi connectivity index (χ4v) is 4.86. The SMILES string of the molecule is CCNC(=O)C(C)N(Cc1cccc(Br)c1)C(=O)CCCN(c1ccc(C)cc1)S(C)(=O)=O. The molecule has 33 heavy (non-hydrogen) atoms. The van der Waals surface area contributed by atoms with Gasteiger partial charge in [-0.05, 0) is 57.0 Å². The van der Waals surface area contributed by atoms with Crippen LogP contribution in [0.15, 0.2) is 53.0 Å². The lowest BCUT2D eigenvalue weighted by Gasteiger charge is -2.29. The van der Waals surface area contributed by atoms with Gasteiger partial charge in [-0.15, -0.1) is 0 Å². The molecule has 0 fully saturated rings. The number of likely N-dealkylation sites (N-methyl/N-ethyl adjacent to an activating group) is 1. The molecule has 9 heteroatoms. The summed E-state index contributed by atoms with van der Waals surface area (Å²) in [5.41, 5.74) is 2.49. The number of aryl methyl sites for hydroxylation is 1. The van der Waals surface area contributed by atoms with Gasteiger partial charge in [-0.25, -0.2) is 8.42 Å². The minimum absolute atomic E-state index is 0.121. The summed E-state index contributed by atoms with van der Waals surface area (Å²) < 4.78 is 26.9. The standard InChI is InChI=1S/C24H32BrN3O4S/c1-5-26-24(30)19(3)27(17-20-8-6-9-21(25)16-20)23(29)10-7-15-28(33(4,31)32)22-13-11-18(2)12-14-22/h6,8-9,11-14,16,19H,5,7,10,15,17H2,1-4H3,(H,26,30). The fourth-order valence-electron chi connectivity index (χ4n) is 3.45. The fraction of sp³-hybridized carbons (Fsp3) is 0.417. The maximum absolute atomic E-state index is 13.2. The van der Waals surface area contributed by atoms with E-state index in [0.29, 0.717) is 18.7 Å². The number of nitrogens with zero attached hydrogens (tertiary/aromatic N) is 2. The Morgan fingerprint density at radius 1 is 1.12 bits per heavy atom. The first-order chi connectivity index (χ1) is 15.5. The maximum atomic E-state index is 13.2. The first-order valence-corrected chi connectivity index (χ1v) is 13.5. The lowest BCUT2D eigenvalue weighted by atomic mass is 10.1. The number of hydrogen-bond donors (Lipinski definition) is 1. The number of rotatable bonds is 11. The van der Waals surface area contributed by atoms with E-state index in [2.05, 4.69) is 21.2 Å². The largest absolute Gasteiger partial charge is 0.355 e. The topological polar surface area (TPSA) is 86.8 Å². The van der Waals surface area contributed by atoms with Crippen molar-refractivity contribution in [3.05, 3.63) is 64.1 Å². The van der Waals surface area contributed by atoms with Crippen molar-refractivity contribution in [1.29, 1.82) is 0 Å². The Hall–Kier alpha value is -2.39. The van der Waals surface area contributed by atoms with Gasteiger partial charge in [-0.2, -0.15) is 0 Å². The number of carbonyl (C=O) groups is 2. The number of anilines is 1. The van der Waals surface area contributed by atoms with E-state index in [0.717, 1.165) is 21.9 Å². The van der Waals surface area contributed by atoms with Crippen LogP contribution in [0.2, 0.25) is 0 Å². The Labute approximate surface area is 205 Å². The number of benzene rings is 2. The minimum Gasteiger partial charge on any atom is -0.355 e. The summed E-state index contributed by atoms with van der Waals surface area (Å²) in [5.74, 6) is -0.427. The molecule has 0 aliphatic carbocycles. The highest BCUT2D eigenvalue weighted by Crippen LogP contribution is 2.20. The zero-order valence-corrected chi connectivity index (χ0v) is 21.9. The molecule has 0 aliphatic rings. The van der Waals surface area contributed by atoms with E-state index < -0.39 is 16.1 Å². The van der Waals surface area contributed by atoms with E-state index in [1.165, 1.54) is 4.31 Å². The Kier molecular flexibility index (Phi) is 9.91. The molecule has 2 amide bonds. The summed E-state index contributed by atoms with van der Waals surface area (Å²) in [6.45, 7) is 6.40. The van der Waals surface area contributed by atoms with Gasteiger partial charge in [-0.1, -0.05) is 45.8 Å². The van der Waals surface area contributed by atoms with Gasteiger partial charge in [0.1, 0.15) is 6.04 Å². The Morgan fingerprint density at radius 3 is 2.36 bits per heavy atom. The summed E-state index contributed by atoms with van der Waals surface area (Å²) in [4.78, 5) is 27.2. The molecule has 1 atom stereocenters. The second kappa shape index (κ2) is 12.2. The molecule has 0 saturated heterocycles. The molecular formula is C24H32BrN3O4S. The maximum Gasteiger partial charge on any atom is 0.242 e. The molecule has 1 N–H and O–H groups in total. The third-order valence-electron chi connectivity index (χ3n) is 5.23. The van der Waals surface area contributed by atoms with Crippen molar-refractivity contribution in [3.63, 3.8) is 0 Å². The van der Waals surface area contributed by atoms with Gasteiger partial charge in [0, 0.05) is 30.5 Å². The van der Waals surface area contributed by atoms with Crippen LogP contribution in [-0.4, -0.2) is 50.5 Å². The second-order valence-electron chi connectivity index (χ2n) is 8.00.